The van der Waals surface area contributed by atoms with E-state index in [-0.39, 0.29) is 18.1 Å². The lowest BCUT2D eigenvalue weighted by atomic mass is 10.1. The van der Waals surface area contributed by atoms with Gasteiger partial charge in [-0.25, -0.2) is 0 Å². The maximum atomic E-state index is 11.4. The summed E-state index contributed by atoms with van der Waals surface area (Å²) in [5.41, 5.74) is 1.47. The number of rotatable bonds is 4. The molecule has 0 saturated heterocycles. The minimum atomic E-state index is -0.369. The number of allylic oxidation sites excluding steroid dienone is 2. The van der Waals surface area contributed by atoms with Gasteiger partial charge in [-0.05, 0) is 12.1 Å². The number of carbonyl (C=O) groups excluding carboxylic acids is 1. The van der Waals surface area contributed by atoms with Crippen molar-refractivity contribution in [2.75, 3.05) is 6.61 Å². The summed E-state index contributed by atoms with van der Waals surface area (Å²) in [6.45, 7) is -0.201. The molecule has 3 N–H and O–H groups in total. The molecule has 1 heterocycles. The summed E-state index contributed by atoms with van der Waals surface area (Å²) in [5, 5.41) is 19.3. The number of aliphatic hydroxyl groups is 2. The topological polar surface area (TPSA) is 73.3 Å². The molecule has 4 nitrogen and oxygen atoms in total. The van der Waals surface area contributed by atoms with Crippen LogP contribution in [-0.4, -0.2) is 27.6 Å². The average molecular weight is 243 g/mol. The van der Waals surface area contributed by atoms with E-state index in [4.69, 9.17) is 5.11 Å². The fourth-order valence-corrected chi connectivity index (χ4v) is 1.71. The second kappa shape index (κ2) is 5.33. The lowest BCUT2D eigenvalue weighted by molar-refractivity contribution is -0.110. The van der Waals surface area contributed by atoms with Gasteiger partial charge in [0.1, 0.15) is 5.76 Å². The van der Waals surface area contributed by atoms with Crippen molar-refractivity contribution in [1.82, 2.24) is 4.98 Å². The van der Waals surface area contributed by atoms with Crippen molar-refractivity contribution in [3.63, 3.8) is 0 Å². The lowest BCUT2D eigenvalue weighted by Gasteiger charge is -1.96. The van der Waals surface area contributed by atoms with Crippen LogP contribution in [0.15, 0.2) is 48.7 Å². The molecule has 1 aromatic heterocycles. The van der Waals surface area contributed by atoms with Crippen molar-refractivity contribution in [3.8, 4) is 0 Å². The van der Waals surface area contributed by atoms with Crippen LogP contribution in [0.1, 0.15) is 5.56 Å². The molecular formula is C14H13NO3. The Morgan fingerprint density at radius 3 is 2.89 bits per heavy atom. The van der Waals surface area contributed by atoms with E-state index in [0.29, 0.717) is 5.56 Å². The van der Waals surface area contributed by atoms with Gasteiger partial charge in [0.2, 0.25) is 0 Å². The van der Waals surface area contributed by atoms with Gasteiger partial charge in [0.05, 0.1) is 6.61 Å². The molecule has 0 radical (unpaired) electrons. The zero-order valence-corrected chi connectivity index (χ0v) is 9.63. The van der Waals surface area contributed by atoms with Crippen LogP contribution in [0.2, 0.25) is 0 Å². The standard InChI is InChI=1S/C14H13NO3/c16-7-3-4-10(17)8-14(18)12-9-15-13-6-2-1-5-11(12)13/h1-6,8-9,15-16,18H,7H2/b4-3-,14-8-. The third kappa shape index (κ3) is 2.49. The Bertz CT molecular complexity index is 623. The summed E-state index contributed by atoms with van der Waals surface area (Å²) in [5.74, 6) is -0.466. The maximum Gasteiger partial charge on any atom is 0.182 e. The molecule has 18 heavy (non-hydrogen) atoms. The molecular weight excluding hydrogens is 230 g/mol. The van der Waals surface area contributed by atoms with Crippen LogP contribution in [0.5, 0.6) is 0 Å². The molecule has 2 rings (SSSR count). The van der Waals surface area contributed by atoms with E-state index in [2.05, 4.69) is 4.98 Å². The summed E-state index contributed by atoms with van der Waals surface area (Å²) in [7, 11) is 0. The zero-order chi connectivity index (χ0) is 13.0. The highest BCUT2D eigenvalue weighted by molar-refractivity contribution is 6.05. The summed E-state index contributed by atoms with van der Waals surface area (Å²) < 4.78 is 0. The number of fused-ring (bicyclic) bond motifs is 1. The first-order chi connectivity index (χ1) is 8.72. The molecule has 2 aromatic rings. The number of aliphatic hydroxyl groups excluding tert-OH is 2. The van der Waals surface area contributed by atoms with E-state index >= 15 is 0 Å². The molecule has 1 aromatic carbocycles. The number of carbonyl (C=O) groups is 1. The second-order valence-corrected chi connectivity index (χ2v) is 3.76. The average Bonchev–Trinajstić information content (AvgIpc) is 2.80. The van der Waals surface area contributed by atoms with Crippen molar-refractivity contribution >= 4 is 22.4 Å². The molecule has 0 bridgehead atoms. The lowest BCUT2D eigenvalue weighted by Crippen LogP contribution is -1.90. The number of ketones is 1. The monoisotopic (exact) mass is 243 g/mol. The molecule has 0 aliphatic carbocycles. The highest BCUT2D eigenvalue weighted by Crippen LogP contribution is 2.23. The van der Waals surface area contributed by atoms with Crippen molar-refractivity contribution in [2.45, 2.75) is 0 Å². The number of H-pyrrole nitrogens is 1. The molecule has 0 spiro atoms. The molecule has 0 amide bonds. The Hall–Kier alpha value is -2.33. The van der Waals surface area contributed by atoms with Gasteiger partial charge in [-0.15, -0.1) is 0 Å². The van der Waals surface area contributed by atoms with Gasteiger partial charge in [0.15, 0.2) is 5.78 Å². The molecule has 0 unspecified atom stereocenters. The highest BCUT2D eigenvalue weighted by Gasteiger charge is 2.07. The summed E-state index contributed by atoms with van der Waals surface area (Å²) in [6.07, 6.45) is 5.31. The zero-order valence-electron chi connectivity index (χ0n) is 9.63. The van der Waals surface area contributed by atoms with E-state index in [1.54, 1.807) is 6.20 Å². The quantitative estimate of drug-likeness (QED) is 0.569. The third-order valence-corrected chi connectivity index (χ3v) is 2.53. The number of aromatic amines is 1. The van der Waals surface area contributed by atoms with Crippen LogP contribution in [0, 0.1) is 0 Å². The van der Waals surface area contributed by atoms with E-state index < -0.39 is 0 Å². The van der Waals surface area contributed by atoms with Gasteiger partial charge in [-0.3, -0.25) is 4.79 Å². The number of aromatic nitrogens is 1. The number of hydrogen-bond acceptors (Lipinski definition) is 3. The van der Waals surface area contributed by atoms with Gasteiger partial charge in [-0.2, -0.15) is 0 Å². The van der Waals surface area contributed by atoms with E-state index in [0.717, 1.165) is 17.0 Å². The first kappa shape index (κ1) is 12.1. The Kier molecular flexibility index (Phi) is 3.60. The van der Waals surface area contributed by atoms with Crippen LogP contribution in [0.25, 0.3) is 16.7 Å². The molecule has 0 saturated carbocycles. The smallest absolute Gasteiger partial charge is 0.182 e. The molecule has 92 valence electrons. The fourth-order valence-electron chi connectivity index (χ4n) is 1.71. The normalized spacial score (nSPS) is 12.4. The number of benzene rings is 1. The second-order valence-electron chi connectivity index (χ2n) is 3.76. The van der Waals surface area contributed by atoms with Gasteiger partial charge in [0.25, 0.3) is 0 Å². The predicted octanol–water partition coefficient (Wildman–Crippen LogP) is 2.18. The summed E-state index contributed by atoms with van der Waals surface area (Å²) >= 11 is 0. The number of para-hydroxylation sites is 1. The minimum Gasteiger partial charge on any atom is -0.507 e. The molecule has 0 atom stereocenters. The van der Waals surface area contributed by atoms with E-state index in [1.807, 2.05) is 24.3 Å². The minimum absolute atomic E-state index is 0.0972. The van der Waals surface area contributed by atoms with Crippen LogP contribution in [-0.2, 0) is 4.79 Å². The first-order valence-corrected chi connectivity index (χ1v) is 5.51. The van der Waals surface area contributed by atoms with E-state index in [1.165, 1.54) is 12.2 Å². The van der Waals surface area contributed by atoms with Crippen LogP contribution >= 0.6 is 0 Å². The van der Waals surface area contributed by atoms with Crippen LogP contribution in [0.3, 0.4) is 0 Å². The Balaban J connectivity index is 2.33. The van der Waals surface area contributed by atoms with Crippen molar-refractivity contribution in [3.05, 3.63) is 54.3 Å². The maximum absolute atomic E-state index is 11.4. The number of nitrogens with one attached hydrogen (secondary N) is 1. The number of hydrogen-bond donors (Lipinski definition) is 3. The fraction of sp³-hybridized carbons (Fsp3) is 0.0714. The van der Waals surface area contributed by atoms with Crippen molar-refractivity contribution in [1.29, 1.82) is 0 Å². The van der Waals surface area contributed by atoms with Crippen molar-refractivity contribution in [2.24, 2.45) is 0 Å². The molecule has 0 aliphatic rings. The Labute approximate surface area is 104 Å². The van der Waals surface area contributed by atoms with Gasteiger partial charge in [0, 0.05) is 28.7 Å². The molecule has 0 fully saturated rings. The SMILES string of the molecule is O=C(/C=C\CO)/C=C(\O)c1c[nH]c2ccccc12. The van der Waals surface area contributed by atoms with E-state index in [9.17, 15) is 9.90 Å². The summed E-state index contributed by atoms with van der Waals surface area (Å²) in [4.78, 5) is 14.4. The van der Waals surface area contributed by atoms with Crippen LogP contribution < -0.4 is 0 Å². The first-order valence-electron chi connectivity index (χ1n) is 5.51. The Morgan fingerprint density at radius 2 is 2.11 bits per heavy atom. The third-order valence-electron chi connectivity index (χ3n) is 2.53. The van der Waals surface area contributed by atoms with Gasteiger partial charge in [-0.1, -0.05) is 24.3 Å². The van der Waals surface area contributed by atoms with Crippen LogP contribution in [0.4, 0.5) is 0 Å². The highest BCUT2D eigenvalue weighted by atomic mass is 16.3. The van der Waals surface area contributed by atoms with Gasteiger partial charge < -0.3 is 15.2 Å². The van der Waals surface area contributed by atoms with Gasteiger partial charge >= 0.3 is 0 Å². The molecule has 4 heteroatoms. The largest absolute Gasteiger partial charge is 0.507 e. The van der Waals surface area contributed by atoms with Crippen molar-refractivity contribution < 1.29 is 15.0 Å². The summed E-state index contributed by atoms with van der Waals surface area (Å²) in [6, 6.07) is 7.50. The molecule has 0 aliphatic heterocycles. The Morgan fingerprint density at radius 1 is 1.33 bits per heavy atom. The predicted molar refractivity (Wildman–Crippen MR) is 70.1 cm³/mol.